The summed E-state index contributed by atoms with van der Waals surface area (Å²) in [6.45, 7) is 2.09. The van der Waals surface area contributed by atoms with Gasteiger partial charge in [0.1, 0.15) is 0 Å². The Bertz CT molecular complexity index is 598. The molecule has 0 spiro atoms. The molecule has 5 heteroatoms. The highest BCUT2D eigenvalue weighted by Gasteiger charge is 2.20. The molecule has 3 nitrogen and oxygen atoms in total. The van der Waals surface area contributed by atoms with Crippen LogP contribution in [0.2, 0.25) is 5.02 Å². The number of aryl methyl sites for hydroxylation is 1. The van der Waals surface area contributed by atoms with Crippen LogP contribution < -0.4 is 14.8 Å². The van der Waals surface area contributed by atoms with Crippen LogP contribution in [-0.2, 0) is 0 Å². The van der Waals surface area contributed by atoms with Gasteiger partial charge in [-0.2, -0.15) is 0 Å². The summed E-state index contributed by atoms with van der Waals surface area (Å²) in [6.07, 6.45) is 0. The van der Waals surface area contributed by atoms with Crippen molar-refractivity contribution in [1.29, 1.82) is 0 Å². The summed E-state index contributed by atoms with van der Waals surface area (Å²) in [6, 6.07) is 7.99. The van der Waals surface area contributed by atoms with Crippen LogP contribution in [0.3, 0.4) is 0 Å². The summed E-state index contributed by atoms with van der Waals surface area (Å²) in [5, 5.41) is 3.97. The summed E-state index contributed by atoms with van der Waals surface area (Å²) >= 11 is 8.15. The first kappa shape index (κ1) is 15.2. The number of hydrogen-bond acceptors (Lipinski definition) is 4. The van der Waals surface area contributed by atoms with Gasteiger partial charge in [0.2, 0.25) is 0 Å². The van der Waals surface area contributed by atoms with E-state index in [1.54, 1.807) is 31.6 Å². The van der Waals surface area contributed by atoms with Crippen molar-refractivity contribution < 1.29 is 9.47 Å². The number of halogens is 1. The molecule has 0 aliphatic carbocycles. The maximum atomic E-state index is 6.40. The van der Waals surface area contributed by atoms with Crippen LogP contribution in [0.5, 0.6) is 11.5 Å². The van der Waals surface area contributed by atoms with Crippen molar-refractivity contribution >= 4 is 22.9 Å². The number of nitrogens with one attached hydrogen (secondary N) is 1. The van der Waals surface area contributed by atoms with E-state index in [4.69, 9.17) is 21.1 Å². The molecule has 1 unspecified atom stereocenters. The van der Waals surface area contributed by atoms with E-state index in [9.17, 15) is 0 Å². The first-order valence-electron chi connectivity index (χ1n) is 6.25. The van der Waals surface area contributed by atoms with Crippen LogP contribution in [0, 0.1) is 6.92 Å². The molecule has 108 valence electrons. The summed E-state index contributed by atoms with van der Waals surface area (Å²) in [4.78, 5) is 2.50. The zero-order chi connectivity index (χ0) is 14.7. The van der Waals surface area contributed by atoms with Crippen molar-refractivity contribution in [2.75, 3.05) is 21.3 Å². The molecule has 0 bridgehead atoms. The molecule has 0 saturated heterocycles. The largest absolute Gasteiger partial charge is 0.493 e. The lowest BCUT2D eigenvalue weighted by molar-refractivity contribution is 0.354. The van der Waals surface area contributed by atoms with E-state index >= 15 is 0 Å². The second kappa shape index (κ2) is 6.48. The maximum absolute atomic E-state index is 6.40. The Labute approximate surface area is 128 Å². The van der Waals surface area contributed by atoms with E-state index in [2.05, 4.69) is 24.4 Å². The first-order valence-corrected chi connectivity index (χ1v) is 7.45. The topological polar surface area (TPSA) is 30.5 Å². The van der Waals surface area contributed by atoms with E-state index < -0.39 is 0 Å². The molecule has 1 heterocycles. The molecule has 1 atom stereocenters. The molecule has 0 amide bonds. The lowest BCUT2D eigenvalue weighted by atomic mass is 10.0. The molecule has 0 fully saturated rings. The minimum absolute atomic E-state index is 0.0426. The van der Waals surface area contributed by atoms with Crippen molar-refractivity contribution in [2.24, 2.45) is 0 Å². The number of benzene rings is 1. The fourth-order valence-corrected chi connectivity index (χ4v) is 3.42. The van der Waals surface area contributed by atoms with Crippen LogP contribution in [0.15, 0.2) is 24.3 Å². The van der Waals surface area contributed by atoms with Gasteiger partial charge >= 0.3 is 0 Å². The minimum Gasteiger partial charge on any atom is -0.493 e. The summed E-state index contributed by atoms with van der Waals surface area (Å²) in [7, 11) is 5.15. The lowest BCUT2D eigenvalue weighted by Gasteiger charge is -2.19. The third-order valence-electron chi connectivity index (χ3n) is 3.15. The standard InChI is InChI=1S/C15H18ClNO2S/c1-9-5-6-14(20-9)15(17-2)10-7-12(18-3)13(19-4)8-11(10)16/h5-8,15,17H,1-4H3. The third kappa shape index (κ3) is 2.92. The Hall–Kier alpha value is -1.23. The van der Waals surface area contributed by atoms with Crippen LogP contribution in [0.4, 0.5) is 0 Å². The van der Waals surface area contributed by atoms with Crippen molar-refractivity contribution in [2.45, 2.75) is 13.0 Å². The second-order valence-electron chi connectivity index (χ2n) is 4.40. The van der Waals surface area contributed by atoms with E-state index in [0.29, 0.717) is 16.5 Å². The van der Waals surface area contributed by atoms with Crippen molar-refractivity contribution in [3.63, 3.8) is 0 Å². The van der Waals surface area contributed by atoms with E-state index in [1.807, 2.05) is 13.1 Å². The van der Waals surface area contributed by atoms with Gasteiger partial charge in [0.05, 0.1) is 20.3 Å². The van der Waals surface area contributed by atoms with Crippen molar-refractivity contribution in [1.82, 2.24) is 5.32 Å². The van der Waals surface area contributed by atoms with Crippen LogP contribution in [0.1, 0.15) is 21.4 Å². The summed E-state index contributed by atoms with van der Waals surface area (Å²) in [5.41, 5.74) is 0.980. The molecule has 0 aliphatic heterocycles. The fraction of sp³-hybridized carbons (Fsp3) is 0.333. The van der Waals surface area contributed by atoms with E-state index in [1.165, 1.54) is 9.75 Å². The molecule has 2 aromatic rings. The molecule has 0 radical (unpaired) electrons. The first-order chi connectivity index (χ1) is 9.60. The normalized spacial score (nSPS) is 12.2. The van der Waals surface area contributed by atoms with Crippen LogP contribution in [-0.4, -0.2) is 21.3 Å². The van der Waals surface area contributed by atoms with Crippen LogP contribution >= 0.6 is 22.9 Å². The number of methoxy groups -OCH3 is 2. The number of thiophene rings is 1. The molecule has 20 heavy (non-hydrogen) atoms. The average Bonchev–Trinajstić information content (AvgIpc) is 2.87. The molecule has 2 rings (SSSR count). The van der Waals surface area contributed by atoms with Crippen LogP contribution in [0.25, 0.3) is 0 Å². The van der Waals surface area contributed by atoms with Gasteiger partial charge in [0.25, 0.3) is 0 Å². The maximum Gasteiger partial charge on any atom is 0.162 e. The highest BCUT2D eigenvalue weighted by atomic mass is 35.5. The Morgan fingerprint density at radius 1 is 1.15 bits per heavy atom. The Balaban J connectivity index is 2.49. The Morgan fingerprint density at radius 2 is 1.80 bits per heavy atom. The molecule has 1 aromatic heterocycles. The lowest BCUT2D eigenvalue weighted by Crippen LogP contribution is -2.17. The zero-order valence-electron chi connectivity index (χ0n) is 12.0. The summed E-state index contributed by atoms with van der Waals surface area (Å²) < 4.78 is 10.6. The average molecular weight is 312 g/mol. The SMILES string of the molecule is CNC(c1ccc(C)s1)c1cc(OC)c(OC)cc1Cl. The monoisotopic (exact) mass is 311 g/mol. The number of ether oxygens (including phenoxy) is 2. The van der Waals surface area contributed by atoms with E-state index in [-0.39, 0.29) is 6.04 Å². The van der Waals surface area contributed by atoms with Gasteiger partial charge in [-0.3, -0.25) is 0 Å². The van der Waals surface area contributed by atoms with Gasteiger partial charge in [0.15, 0.2) is 11.5 Å². The van der Waals surface area contributed by atoms with Gasteiger partial charge < -0.3 is 14.8 Å². The molecule has 0 saturated carbocycles. The molecular formula is C15H18ClNO2S. The predicted molar refractivity (Wildman–Crippen MR) is 84.5 cm³/mol. The Morgan fingerprint density at radius 3 is 2.30 bits per heavy atom. The van der Waals surface area contributed by atoms with Gasteiger partial charge in [-0.05, 0) is 37.7 Å². The Kier molecular flexibility index (Phi) is 4.91. The predicted octanol–water partition coefficient (Wildman–Crippen LogP) is 4.04. The quantitative estimate of drug-likeness (QED) is 0.904. The van der Waals surface area contributed by atoms with Gasteiger partial charge in [-0.15, -0.1) is 11.3 Å². The molecular weight excluding hydrogens is 294 g/mol. The van der Waals surface area contributed by atoms with E-state index in [0.717, 1.165) is 5.56 Å². The van der Waals surface area contributed by atoms with Crippen molar-refractivity contribution in [3.8, 4) is 11.5 Å². The minimum atomic E-state index is 0.0426. The zero-order valence-corrected chi connectivity index (χ0v) is 13.6. The highest BCUT2D eigenvalue weighted by molar-refractivity contribution is 7.12. The highest BCUT2D eigenvalue weighted by Crippen LogP contribution is 2.39. The fourth-order valence-electron chi connectivity index (χ4n) is 2.15. The molecule has 0 aliphatic rings. The smallest absolute Gasteiger partial charge is 0.162 e. The van der Waals surface area contributed by atoms with Gasteiger partial charge in [-0.1, -0.05) is 11.6 Å². The third-order valence-corrected chi connectivity index (χ3v) is 4.54. The molecule has 1 aromatic carbocycles. The second-order valence-corrected chi connectivity index (χ2v) is 6.13. The van der Waals surface area contributed by atoms with Crippen molar-refractivity contribution in [3.05, 3.63) is 44.6 Å². The van der Waals surface area contributed by atoms with Gasteiger partial charge in [-0.25, -0.2) is 0 Å². The molecule has 1 N–H and O–H groups in total. The summed E-state index contributed by atoms with van der Waals surface area (Å²) in [5.74, 6) is 1.32. The number of rotatable bonds is 5. The van der Waals surface area contributed by atoms with Gasteiger partial charge in [0, 0.05) is 20.8 Å². The number of hydrogen-bond donors (Lipinski definition) is 1.